The van der Waals surface area contributed by atoms with E-state index in [1.165, 1.54) is 57.8 Å². The highest BCUT2D eigenvalue weighted by Crippen LogP contribution is 2.18. The van der Waals surface area contributed by atoms with Gasteiger partial charge in [0.2, 0.25) is 0 Å². The predicted molar refractivity (Wildman–Crippen MR) is 108 cm³/mol. The number of hydrogen-bond donors (Lipinski definition) is 1. The Bertz CT molecular complexity index is 419. The summed E-state index contributed by atoms with van der Waals surface area (Å²) >= 11 is 0. The van der Waals surface area contributed by atoms with Crippen LogP contribution in [0.25, 0.3) is 0 Å². The number of ether oxygens (including phenoxy) is 3. The molecule has 5 nitrogen and oxygen atoms in total. The van der Waals surface area contributed by atoms with E-state index < -0.39 is 6.16 Å². The number of carbonyl (C=O) groups is 1. The highest BCUT2D eigenvalue weighted by molar-refractivity contribution is 5.56. The van der Waals surface area contributed by atoms with Crippen molar-refractivity contribution >= 4 is 6.16 Å². The topological polar surface area (TPSA) is 65.0 Å². The number of allylic oxidation sites excluding steroid dienone is 4. The lowest BCUT2D eigenvalue weighted by molar-refractivity contribution is -0.0727. The van der Waals surface area contributed by atoms with Crippen molar-refractivity contribution in [2.45, 2.75) is 96.4 Å². The van der Waals surface area contributed by atoms with Gasteiger partial charge in [0.25, 0.3) is 0 Å². The van der Waals surface area contributed by atoms with Crippen LogP contribution < -0.4 is 0 Å². The quantitative estimate of drug-likeness (QED) is 0.194. The summed E-state index contributed by atoms with van der Waals surface area (Å²) in [7, 11) is 0. The summed E-state index contributed by atoms with van der Waals surface area (Å²) in [5.74, 6) is 0. The lowest BCUT2D eigenvalue weighted by atomic mass is 10.1. The van der Waals surface area contributed by atoms with E-state index in [9.17, 15) is 4.79 Å². The summed E-state index contributed by atoms with van der Waals surface area (Å²) in [6, 6.07) is 0. The van der Waals surface area contributed by atoms with Crippen LogP contribution in [0.3, 0.4) is 0 Å². The molecule has 0 aromatic carbocycles. The van der Waals surface area contributed by atoms with Crippen LogP contribution in [0.1, 0.15) is 84.0 Å². The van der Waals surface area contributed by atoms with Crippen LogP contribution in [0.5, 0.6) is 0 Å². The second-order valence-electron chi connectivity index (χ2n) is 7.12. The Morgan fingerprint density at radius 3 is 2.37 bits per heavy atom. The summed E-state index contributed by atoms with van der Waals surface area (Å²) in [5.41, 5.74) is 0. The van der Waals surface area contributed by atoms with Gasteiger partial charge in [-0.15, -0.1) is 0 Å². The van der Waals surface area contributed by atoms with Crippen LogP contribution in [0.15, 0.2) is 24.3 Å². The average Bonchev–Trinajstić information content (AvgIpc) is 3.11. The number of hydrogen-bond acceptors (Lipinski definition) is 4. The van der Waals surface area contributed by atoms with Crippen LogP contribution in [-0.4, -0.2) is 36.9 Å². The summed E-state index contributed by atoms with van der Waals surface area (Å²) in [5, 5.41) is 8.47. The number of unbranched alkanes of at least 4 members (excludes halogenated alkanes) is 8. The molecular formula is C22H38O5. The Morgan fingerprint density at radius 2 is 1.67 bits per heavy atom. The molecule has 1 N–H and O–H groups in total. The van der Waals surface area contributed by atoms with E-state index in [0.29, 0.717) is 6.61 Å². The fraction of sp³-hybridized carbons (Fsp3) is 0.773. The van der Waals surface area contributed by atoms with Gasteiger partial charge in [0, 0.05) is 0 Å². The van der Waals surface area contributed by atoms with Gasteiger partial charge in [-0.1, -0.05) is 69.8 Å². The molecule has 1 rings (SSSR count). The molecule has 156 valence electrons. The van der Waals surface area contributed by atoms with Gasteiger partial charge >= 0.3 is 6.16 Å². The Balaban J connectivity index is 1.83. The predicted octanol–water partition coefficient (Wildman–Crippen LogP) is 6.24. The molecule has 0 spiro atoms. The average molecular weight is 383 g/mol. The molecule has 1 heterocycles. The zero-order valence-electron chi connectivity index (χ0n) is 16.9. The van der Waals surface area contributed by atoms with E-state index in [0.717, 1.165) is 19.3 Å². The SMILES string of the molecule is CCCC/C=C\C/C=C\CCCCCCCCC1OCC(COC(=O)O)O1. The third-order valence-corrected chi connectivity index (χ3v) is 4.60. The summed E-state index contributed by atoms with van der Waals surface area (Å²) in [6.07, 6.45) is 21.7. The van der Waals surface area contributed by atoms with Gasteiger partial charge in [0.1, 0.15) is 12.7 Å². The van der Waals surface area contributed by atoms with Crippen molar-refractivity contribution in [1.82, 2.24) is 0 Å². The number of carboxylic acid groups (broad SMARTS) is 1. The largest absolute Gasteiger partial charge is 0.505 e. The Kier molecular flexibility index (Phi) is 14.8. The minimum atomic E-state index is -1.27. The van der Waals surface area contributed by atoms with E-state index in [1.807, 2.05) is 0 Å². The van der Waals surface area contributed by atoms with Gasteiger partial charge in [-0.25, -0.2) is 4.79 Å². The van der Waals surface area contributed by atoms with Crippen molar-refractivity contribution in [1.29, 1.82) is 0 Å². The Morgan fingerprint density at radius 1 is 1.00 bits per heavy atom. The monoisotopic (exact) mass is 382 g/mol. The molecule has 1 aliphatic heterocycles. The Labute approximate surface area is 164 Å². The molecular weight excluding hydrogens is 344 g/mol. The van der Waals surface area contributed by atoms with Crippen LogP contribution in [-0.2, 0) is 14.2 Å². The first-order valence-corrected chi connectivity index (χ1v) is 10.6. The minimum Gasteiger partial charge on any atom is -0.450 e. The zero-order chi connectivity index (χ0) is 19.6. The van der Waals surface area contributed by atoms with E-state index >= 15 is 0 Å². The highest BCUT2D eigenvalue weighted by atomic mass is 16.7. The second-order valence-corrected chi connectivity index (χ2v) is 7.12. The van der Waals surface area contributed by atoms with E-state index in [-0.39, 0.29) is 19.0 Å². The molecule has 0 bridgehead atoms. The first-order chi connectivity index (χ1) is 13.2. The second kappa shape index (κ2) is 16.8. The van der Waals surface area contributed by atoms with Crippen LogP contribution in [0.2, 0.25) is 0 Å². The summed E-state index contributed by atoms with van der Waals surface area (Å²) < 4.78 is 15.6. The first kappa shape index (κ1) is 23.7. The van der Waals surface area contributed by atoms with Crippen molar-refractivity contribution in [3.8, 4) is 0 Å². The van der Waals surface area contributed by atoms with E-state index in [1.54, 1.807) is 0 Å². The molecule has 1 aliphatic rings. The van der Waals surface area contributed by atoms with Crippen LogP contribution in [0.4, 0.5) is 4.79 Å². The smallest absolute Gasteiger partial charge is 0.450 e. The minimum absolute atomic E-state index is 0.0510. The standard InChI is InChI=1S/C22H38O5/c1-2-3-4-5-6-7-8-9-10-11-12-13-14-15-16-17-21-25-18-20(27-21)19-26-22(23)24/h5-6,8-9,20-21H,2-4,7,10-19H2,1H3,(H,23,24)/b6-5-,9-8-. The third-order valence-electron chi connectivity index (χ3n) is 4.60. The fourth-order valence-electron chi connectivity index (χ4n) is 3.02. The molecule has 5 heteroatoms. The van der Waals surface area contributed by atoms with Gasteiger partial charge in [0.05, 0.1) is 6.61 Å². The molecule has 0 amide bonds. The summed E-state index contributed by atoms with van der Waals surface area (Å²) in [4.78, 5) is 10.3. The van der Waals surface area contributed by atoms with Gasteiger partial charge in [-0.3, -0.25) is 0 Å². The molecule has 0 aromatic heterocycles. The molecule has 0 radical (unpaired) electrons. The van der Waals surface area contributed by atoms with Crippen molar-refractivity contribution in [2.24, 2.45) is 0 Å². The molecule has 27 heavy (non-hydrogen) atoms. The maximum Gasteiger partial charge on any atom is 0.505 e. The molecule has 1 fully saturated rings. The van der Waals surface area contributed by atoms with Crippen molar-refractivity contribution in [3.63, 3.8) is 0 Å². The van der Waals surface area contributed by atoms with Gasteiger partial charge in [0.15, 0.2) is 6.29 Å². The van der Waals surface area contributed by atoms with Crippen LogP contribution >= 0.6 is 0 Å². The number of rotatable bonds is 16. The maximum atomic E-state index is 10.3. The van der Waals surface area contributed by atoms with Crippen molar-refractivity contribution < 1.29 is 24.1 Å². The maximum absolute atomic E-state index is 10.3. The lowest BCUT2D eigenvalue weighted by Crippen LogP contribution is -2.20. The van der Waals surface area contributed by atoms with E-state index in [4.69, 9.17) is 14.6 Å². The Hall–Kier alpha value is -1.33. The highest BCUT2D eigenvalue weighted by Gasteiger charge is 2.26. The van der Waals surface area contributed by atoms with Crippen molar-refractivity contribution in [2.75, 3.05) is 13.2 Å². The van der Waals surface area contributed by atoms with E-state index in [2.05, 4.69) is 36.0 Å². The van der Waals surface area contributed by atoms with Crippen molar-refractivity contribution in [3.05, 3.63) is 24.3 Å². The lowest BCUT2D eigenvalue weighted by Gasteiger charge is -2.10. The molecule has 0 aromatic rings. The van der Waals surface area contributed by atoms with Gasteiger partial charge in [-0.2, -0.15) is 0 Å². The van der Waals surface area contributed by atoms with Gasteiger partial charge < -0.3 is 19.3 Å². The molecule has 0 saturated carbocycles. The summed E-state index contributed by atoms with van der Waals surface area (Å²) in [6.45, 7) is 2.69. The molecule has 0 aliphatic carbocycles. The molecule has 2 atom stereocenters. The molecule has 2 unspecified atom stereocenters. The first-order valence-electron chi connectivity index (χ1n) is 10.6. The zero-order valence-corrected chi connectivity index (χ0v) is 16.9. The van der Waals surface area contributed by atoms with Gasteiger partial charge in [-0.05, 0) is 38.5 Å². The fourth-order valence-corrected chi connectivity index (χ4v) is 3.02. The molecule has 1 saturated heterocycles. The normalized spacial score (nSPS) is 20.0. The third kappa shape index (κ3) is 14.4. The van der Waals surface area contributed by atoms with Crippen LogP contribution in [0, 0.1) is 0 Å².